The number of amides is 1. The molecule has 0 aromatic heterocycles. The Bertz CT molecular complexity index is 414. The predicted octanol–water partition coefficient (Wildman–Crippen LogP) is 1.94. The Hall–Kier alpha value is -1.61. The van der Waals surface area contributed by atoms with Crippen LogP contribution in [-0.4, -0.2) is 23.9 Å². The van der Waals surface area contributed by atoms with E-state index >= 15 is 0 Å². The minimum absolute atomic E-state index is 0.0290. The maximum atomic E-state index is 11.4. The van der Waals surface area contributed by atoms with E-state index in [0.29, 0.717) is 0 Å². The smallest absolute Gasteiger partial charge is 0.221 e. The average Bonchev–Trinajstić information content (AvgIpc) is 2.33. The highest BCUT2D eigenvalue weighted by Crippen LogP contribution is 2.14. The molecule has 1 aliphatic heterocycles. The molecule has 1 amide bonds. The minimum atomic E-state index is -0.177. The number of nitrogens with two attached hydrogens (primary N) is 1. The summed E-state index contributed by atoms with van der Waals surface area (Å²) in [6.45, 7) is 2.52. The summed E-state index contributed by atoms with van der Waals surface area (Å²) >= 11 is 0. The third kappa shape index (κ3) is 3.70. The maximum Gasteiger partial charge on any atom is 0.221 e. The summed E-state index contributed by atoms with van der Waals surface area (Å²) in [5.74, 6) is -0.206. The monoisotopic (exact) mass is 244 g/mol. The first-order valence-electron chi connectivity index (χ1n) is 6.46. The van der Waals surface area contributed by atoms with Gasteiger partial charge in [-0.1, -0.05) is 42.5 Å². The Kier molecular flexibility index (Phi) is 4.53. The predicted molar refractivity (Wildman–Crippen MR) is 72.8 cm³/mol. The van der Waals surface area contributed by atoms with Crippen molar-refractivity contribution in [2.75, 3.05) is 13.1 Å². The zero-order valence-corrected chi connectivity index (χ0v) is 10.6. The van der Waals surface area contributed by atoms with Crippen LogP contribution in [-0.2, 0) is 11.3 Å². The fourth-order valence-corrected chi connectivity index (χ4v) is 2.32. The number of benzene rings is 1. The number of hydrogen-bond acceptors (Lipinski definition) is 2. The van der Waals surface area contributed by atoms with Gasteiger partial charge in [0.1, 0.15) is 0 Å². The fourth-order valence-electron chi connectivity index (χ4n) is 2.32. The molecule has 0 bridgehead atoms. The van der Waals surface area contributed by atoms with Gasteiger partial charge in [-0.3, -0.25) is 9.69 Å². The topological polar surface area (TPSA) is 46.3 Å². The molecule has 1 aliphatic rings. The van der Waals surface area contributed by atoms with Crippen molar-refractivity contribution >= 4 is 5.91 Å². The van der Waals surface area contributed by atoms with Crippen molar-refractivity contribution < 1.29 is 4.79 Å². The lowest BCUT2D eigenvalue weighted by Crippen LogP contribution is -2.36. The highest BCUT2D eigenvalue weighted by molar-refractivity contribution is 5.76. The van der Waals surface area contributed by atoms with Crippen LogP contribution in [0.25, 0.3) is 0 Å². The number of allylic oxidation sites excluding steroid dienone is 1. The summed E-state index contributed by atoms with van der Waals surface area (Å²) < 4.78 is 0. The number of primary amides is 1. The lowest BCUT2D eigenvalue weighted by Gasteiger charge is -2.26. The van der Waals surface area contributed by atoms with Gasteiger partial charge in [-0.15, -0.1) is 0 Å². The van der Waals surface area contributed by atoms with E-state index in [-0.39, 0.29) is 11.8 Å². The Balaban J connectivity index is 2.03. The normalized spacial score (nSPS) is 21.2. The number of carbonyl (C=O) groups excluding carboxylic acids is 1. The van der Waals surface area contributed by atoms with Gasteiger partial charge in [0.15, 0.2) is 0 Å². The zero-order valence-electron chi connectivity index (χ0n) is 10.6. The van der Waals surface area contributed by atoms with Crippen molar-refractivity contribution in [2.45, 2.75) is 19.4 Å². The molecule has 1 atom stereocenters. The van der Waals surface area contributed by atoms with Crippen LogP contribution in [0.3, 0.4) is 0 Å². The molecule has 0 saturated heterocycles. The van der Waals surface area contributed by atoms with Crippen molar-refractivity contribution in [1.29, 1.82) is 0 Å². The van der Waals surface area contributed by atoms with Gasteiger partial charge < -0.3 is 5.73 Å². The molecule has 3 nitrogen and oxygen atoms in total. The molecule has 96 valence electrons. The van der Waals surface area contributed by atoms with E-state index in [1.54, 1.807) is 0 Å². The lowest BCUT2D eigenvalue weighted by atomic mass is 10.00. The van der Waals surface area contributed by atoms with Crippen molar-refractivity contribution in [3.05, 3.63) is 48.0 Å². The molecule has 1 unspecified atom stereocenters. The summed E-state index contributed by atoms with van der Waals surface area (Å²) in [6.07, 6.45) is 6.14. The van der Waals surface area contributed by atoms with Crippen molar-refractivity contribution in [3.8, 4) is 0 Å². The van der Waals surface area contributed by atoms with Gasteiger partial charge >= 0.3 is 0 Å². The van der Waals surface area contributed by atoms with Crippen LogP contribution in [0.15, 0.2) is 42.5 Å². The second-order valence-corrected chi connectivity index (χ2v) is 4.83. The summed E-state index contributed by atoms with van der Waals surface area (Å²) in [5.41, 5.74) is 6.73. The fraction of sp³-hybridized carbons (Fsp3) is 0.400. The van der Waals surface area contributed by atoms with E-state index in [1.807, 2.05) is 18.2 Å². The molecule has 18 heavy (non-hydrogen) atoms. The van der Waals surface area contributed by atoms with Crippen molar-refractivity contribution in [2.24, 2.45) is 11.7 Å². The quantitative estimate of drug-likeness (QED) is 0.826. The van der Waals surface area contributed by atoms with Crippen LogP contribution in [0.5, 0.6) is 0 Å². The lowest BCUT2D eigenvalue weighted by molar-refractivity contribution is -0.122. The van der Waals surface area contributed by atoms with Gasteiger partial charge in [-0.25, -0.2) is 0 Å². The molecular weight excluding hydrogens is 224 g/mol. The van der Waals surface area contributed by atoms with E-state index in [2.05, 4.69) is 29.2 Å². The minimum Gasteiger partial charge on any atom is -0.369 e. The summed E-state index contributed by atoms with van der Waals surface area (Å²) in [4.78, 5) is 13.7. The molecule has 1 aromatic rings. The van der Waals surface area contributed by atoms with Crippen LogP contribution in [0, 0.1) is 5.92 Å². The highest BCUT2D eigenvalue weighted by Gasteiger charge is 2.19. The Morgan fingerprint density at radius 2 is 2.06 bits per heavy atom. The Labute approximate surface area is 108 Å². The van der Waals surface area contributed by atoms with Crippen LogP contribution in [0.1, 0.15) is 18.4 Å². The van der Waals surface area contributed by atoms with Gasteiger partial charge in [0.2, 0.25) is 5.91 Å². The van der Waals surface area contributed by atoms with E-state index in [4.69, 9.17) is 5.73 Å². The molecule has 0 spiro atoms. The number of nitrogens with zero attached hydrogens (tertiary/aromatic N) is 1. The van der Waals surface area contributed by atoms with Crippen molar-refractivity contribution in [3.63, 3.8) is 0 Å². The Morgan fingerprint density at radius 1 is 1.28 bits per heavy atom. The van der Waals surface area contributed by atoms with Crippen LogP contribution >= 0.6 is 0 Å². The molecular formula is C15H20N2O. The van der Waals surface area contributed by atoms with Gasteiger partial charge in [0.05, 0.1) is 5.92 Å². The molecule has 1 heterocycles. The van der Waals surface area contributed by atoms with Crippen LogP contribution in [0.2, 0.25) is 0 Å². The van der Waals surface area contributed by atoms with Crippen LogP contribution in [0.4, 0.5) is 0 Å². The van der Waals surface area contributed by atoms with Gasteiger partial charge in [-0.05, 0) is 18.4 Å². The van der Waals surface area contributed by atoms with Gasteiger partial charge in [0, 0.05) is 19.6 Å². The van der Waals surface area contributed by atoms with Gasteiger partial charge in [0.25, 0.3) is 0 Å². The second kappa shape index (κ2) is 6.36. The van der Waals surface area contributed by atoms with E-state index in [1.165, 1.54) is 5.56 Å². The molecule has 2 N–H and O–H groups in total. The molecule has 3 heteroatoms. The first-order valence-corrected chi connectivity index (χ1v) is 6.46. The van der Waals surface area contributed by atoms with Gasteiger partial charge in [-0.2, -0.15) is 0 Å². The van der Waals surface area contributed by atoms with Crippen LogP contribution < -0.4 is 5.73 Å². The SMILES string of the molecule is NC(=O)C1CCC=CCN(Cc2ccccc2)C1. The van der Waals surface area contributed by atoms with E-state index in [0.717, 1.165) is 32.5 Å². The third-order valence-corrected chi connectivity index (χ3v) is 3.34. The molecule has 0 fully saturated rings. The summed E-state index contributed by atoms with van der Waals surface area (Å²) in [5, 5.41) is 0. The zero-order chi connectivity index (χ0) is 12.8. The Morgan fingerprint density at radius 3 is 2.78 bits per heavy atom. The van der Waals surface area contributed by atoms with E-state index < -0.39 is 0 Å². The molecule has 0 saturated carbocycles. The second-order valence-electron chi connectivity index (χ2n) is 4.83. The largest absolute Gasteiger partial charge is 0.369 e. The average molecular weight is 244 g/mol. The molecule has 0 radical (unpaired) electrons. The number of carbonyl (C=O) groups is 1. The molecule has 0 aliphatic carbocycles. The van der Waals surface area contributed by atoms with E-state index in [9.17, 15) is 4.79 Å². The molecule has 1 aromatic carbocycles. The highest BCUT2D eigenvalue weighted by atomic mass is 16.1. The third-order valence-electron chi connectivity index (χ3n) is 3.34. The summed E-state index contributed by atoms with van der Waals surface area (Å²) in [7, 11) is 0. The van der Waals surface area contributed by atoms with Crippen molar-refractivity contribution in [1.82, 2.24) is 4.90 Å². The first kappa shape index (κ1) is 12.8. The number of hydrogen-bond donors (Lipinski definition) is 1. The first-order chi connectivity index (χ1) is 8.75. The molecule has 2 rings (SSSR count). The maximum absolute atomic E-state index is 11.4. The number of rotatable bonds is 3. The standard InChI is InChI=1S/C15H20N2O/c16-15(18)14-9-5-2-6-10-17(12-14)11-13-7-3-1-4-8-13/h1-4,6-8,14H,5,9-12H2,(H2,16,18). The summed E-state index contributed by atoms with van der Waals surface area (Å²) in [6, 6.07) is 10.3.